The average molecular weight is 473 g/mol. The van der Waals surface area contributed by atoms with Crippen LogP contribution in [-0.2, 0) is 14.8 Å². The Kier molecular flexibility index (Phi) is 7.56. The summed E-state index contributed by atoms with van der Waals surface area (Å²) >= 11 is 6.23. The SMILES string of the molecule is Cc1cc(C)cc(NC(=O)COc2ccc(S(=O)(=O)N[C@H](C)c3ccccc3)cc2Cl)c1. The van der Waals surface area contributed by atoms with Gasteiger partial charge in [-0.2, -0.15) is 0 Å². The Morgan fingerprint density at radius 2 is 1.66 bits per heavy atom. The Morgan fingerprint density at radius 3 is 2.28 bits per heavy atom. The average Bonchev–Trinajstić information content (AvgIpc) is 2.72. The maximum Gasteiger partial charge on any atom is 0.262 e. The number of hydrogen-bond donors (Lipinski definition) is 2. The summed E-state index contributed by atoms with van der Waals surface area (Å²) in [6.07, 6.45) is 0. The molecule has 0 saturated carbocycles. The van der Waals surface area contributed by atoms with Crippen LogP contribution in [0, 0.1) is 13.8 Å². The Bertz CT molecular complexity index is 1190. The molecule has 8 heteroatoms. The van der Waals surface area contributed by atoms with Crippen LogP contribution in [0.1, 0.15) is 29.7 Å². The highest BCUT2D eigenvalue weighted by Crippen LogP contribution is 2.28. The molecule has 0 fully saturated rings. The minimum atomic E-state index is -3.80. The normalized spacial score (nSPS) is 12.2. The van der Waals surface area contributed by atoms with Gasteiger partial charge < -0.3 is 10.1 Å². The van der Waals surface area contributed by atoms with Crippen LogP contribution < -0.4 is 14.8 Å². The molecule has 0 aliphatic rings. The first-order valence-electron chi connectivity index (χ1n) is 10.0. The van der Waals surface area contributed by atoms with Gasteiger partial charge >= 0.3 is 0 Å². The van der Waals surface area contributed by atoms with Gasteiger partial charge in [-0.25, -0.2) is 13.1 Å². The molecule has 1 amide bonds. The third kappa shape index (κ3) is 6.32. The van der Waals surface area contributed by atoms with Crippen LogP contribution in [0.25, 0.3) is 0 Å². The number of ether oxygens (including phenoxy) is 1. The first kappa shape index (κ1) is 23.8. The Morgan fingerprint density at radius 1 is 1.00 bits per heavy atom. The number of anilines is 1. The van der Waals surface area contributed by atoms with Crippen molar-refractivity contribution in [2.45, 2.75) is 31.7 Å². The quantitative estimate of drug-likeness (QED) is 0.482. The van der Waals surface area contributed by atoms with Gasteiger partial charge in [0, 0.05) is 11.7 Å². The van der Waals surface area contributed by atoms with E-state index in [9.17, 15) is 13.2 Å². The molecule has 3 aromatic carbocycles. The second-order valence-electron chi connectivity index (χ2n) is 7.56. The van der Waals surface area contributed by atoms with Crippen molar-refractivity contribution in [3.63, 3.8) is 0 Å². The molecular formula is C24H25ClN2O4S. The summed E-state index contributed by atoms with van der Waals surface area (Å²) in [7, 11) is -3.80. The van der Waals surface area contributed by atoms with E-state index in [2.05, 4.69) is 10.0 Å². The van der Waals surface area contributed by atoms with Crippen molar-refractivity contribution in [1.82, 2.24) is 4.72 Å². The van der Waals surface area contributed by atoms with Crippen molar-refractivity contribution < 1.29 is 17.9 Å². The zero-order chi connectivity index (χ0) is 23.3. The van der Waals surface area contributed by atoms with E-state index in [1.54, 1.807) is 6.92 Å². The zero-order valence-electron chi connectivity index (χ0n) is 18.1. The number of hydrogen-bond acceptors (Lipinski definition) is 4. The lowest BCUT2D eigenvalue weighted by atomic mass is 10.1. The van der Waals surface area contributed by atoms with Gasteiger partial charge in [0.1, 0.15) is 5.75 Å². The first-order chi connectivity index (χ1) is 15.1. The van der Waals surface area contributed by atoms with Gasteiger partial charge in [0.05, 0.1) is 9.92 Å². The van der Waals surface area contributed by atoms with Crippen molar-refractivity contribution in [2.24, 2.45) is 0 Å². The number of amides is 1. The zero-order valence-corrected chi connectivity index (χ0v) is 19.6. The minimum absolute atomic E-state index is 0.0114. The van der Waals surface area contributed by atoms with E-state index in [4.69, 9.17) is 16.3 Å². The fourth-order valence-electron chi connectivity index (χ4n) is 3.26. The summed E-state index contributed by atoms with van der Waals surface area (Å²) in [6.45, 7) is 5.40. The van der Waals surface area contributed by atoms with E-state index >= 15 is 0 Å². The molecule has 168 valence electrons. The van der Waals surface area contributed by atoms with Crippen molar-refractivity contribution in [2.75, 3.05) is 11.9 Å². The predicted octanol–water partition coefficient (Wildman–Crippen LogP) is 5.01. The lowest BCUT2D eigenvalue weighted by Crippen LogP contribution is -2.27. The molecule has 2 N–H and O–H groups in total. The van der Waals surface area contributed by atoms with Crippen molar-refractivity contribution in [3.8, 4) is 5.75 Å². The molecule has 3 rings (SSSR count). The topological polar surface area (TPSA) is 84.5 Å². The largest absolute Gasteiger partial charge is 0.482 e. The monoisotopic (exact) mass is 472 g/mol. The molecule has 0 spiro atoms. The highest BCUT2D eigenvalue weighted by atomic mass is 35.5. The van der Waals surface area contributed by atoms with Gasteiger partial charge in [-0.15, -0.1) is 0 Å². The van der Waals surface area contributed by atoms with E-state index in [0.29, 0.717) is 5.69 Å². The van der Waals surface area contributed by atoms with Crippen LogP contribution in [0.5, 0.6) is 5.75 Å². The molecule has 0 radical (unpaired) electrons. The molecule has 1 atom stereocenters. The smallest absolute Gasteiger partial charge is 0.262 e. The molecule has 0 saturated heterocycles. The fourth-order valence-corrected chi connectivity index (χ4v) is 4.82. The number of sulfonamides is 1. The van der Waals surface area contributed by atoms with Crippen molar-refractivity contribution in [1.29, 1.82) is 0 Å². The Hall–Kier alpha value is -2.87. The van der Waals surface area contributed by atoms with Crippen molar-refractivity contribution >= 4 is 33.2 Å². The van der Waals surface area contributed by atoms with Gasteiger partial charge in [0.25, 0.3) is 5.91 Å². The summed E-state index contributed by atoms with van der Waals surface area (Å²) < 4.78 is 33.6. The van der Waals surface area contributed by atoms with E-state index < -0.39 is 16.1 Å². The van der Waals surface area contributed by atoms with Gasteiger partial charge in [-0.3, -0.25) is 4.79 Å². The summed E-state index contributed by atoms with van der Waals surface area (Å²) in [5.41, 5.74) is 3.60. The number of rotatable bonds is 8. The summed E-state index contributed by atoms with van der Waals surface area (Å²) in [5, 5.41) is 2.87. The lowest BCUT2D eigenvalue weighted by Gasteiger charge is -2.15. The van der Waals surface area contributed by atoms with Crippen molar-refractivity contribution in [3.05, 3.63) is 88.4 Å². The summed E-state index contributed by atoms with van der Waals surface area (Å²) in [4.78, 5) is 12.2. The van der Waals surface area contributed by atoms with Gasteiger partial charge in [-0.05, 0) is 67.8 Å². The maximum absolute atomic E-state index is 12.7. The standard InChI is InChI=1S/C24H25ClN2O4S/c1-16-11-17(2)13-20(12-16)26-24(28)15-31-23-10-9-21(14-22(23)25)32(29,30)27-18(3)19-7-5-4-6-8-19/h4-14,18,27H,15H2,1-3H3,(H,26,28)/t18-/m1/s1. The number of carbonyl (C=O) groups excluding carboxylic acids is 1. The fraction of sp³-hybridized carbons (Fsp3) is 0.208. The number of carbonyl (C=O) groups is 1. The predicted molar refractivity (Wildman–Crippen MR) is 127 cm³/mol. The molecule has 3 aromatic rings. The van der Waals surface area contributed by atoms with Crippen LogP contribution >= 0.6 is 11.6 Å². The molecule has 0 aliphatic carbocycles. The second kappa shape index (κ2) is 10.2. The maximum atomic E-state index is 12.7. The molecule has 32 heavy (non-hydrogen) atoms. The molecule has 0 aliphatic heterocycles. The number of aryl methyl sites for hydroxylation is 2. The Balaban J connectivity index is 1.63. The second-order valence-corrected chi connectivity index (χ2v) is 9.68. The third-order valence-corrected chi connectivity index (χ3v) is 6.54. The highest BCUT2D eigenvalue weighted by molar-refractivity contribution is 7.89. The van der Waals surface area contributed by atoms with Crippen LogP contribution in [0.3, 0.4) is 0 Å². The molecule has 6 nitrogen and oxygen atoms in total. The van der Waals surface area contributed by atoms with E-state index in [0.717, 1.165) is 16.7 Å². The van der Waals surface area contributed by atoms with Crippen LogP contribution in [0.15, 0.2) is 71.6 Å². The van der Waals surface area contributed by atoms with Gasteiger partial charge in [0.15, 0.2) is 6.61 Å². The van der Waals surface area contributed by atoms with Gasteiger partial charge in [0.2, 0.25) is 10.0 Å². The van der Waals surface area contributed by atoms with Crippen LogP contribution in [-0.4, -0.2) is 20.9 Å². The van der Waals surface area contributed by atoms with Crippen LogP contribution in [0.2, 0.25) is 5.02 Å². The van der Waals surface area contributed by atoms with E-state index in [1.807, 2.05) is 62.4 Å². The lowest BCUT2D eigenvalue weighted by molar-refractivity contribution is -0.118. The van der Waals surface area contributed by atoms with E-state index in [-0.39, 0.29) is 28.2 Å². The first-order valence-corrected chi connectivity index (χ1v) is 11.9. The summed E-state index contributed by atoms with van der Waals surface area (Å²) in [6, 6.07) is 18.7. The molecule has 0 bridgehead atoms. The minimum Gasteiger partial charge on any atom is -0.482 e. The van der Waals surface area contributed by atoms with Crippen LogP contribution in [0.4, 0.5) is 5.69 Å². The number of benzene rings is 3. The number of nitrogens with one attached hydrogen (secondary N) is 2. The number of halogens is 1. The molecule has 0 heterocycles. The Labute approximate surface area is 193 Å². The van der Waals surface area contributed by atoms with E-state index in [1.165, 1.54) is 18.2 Å². The van der Waals surface area contributed by atoms with Gasteiger partial charge in [-0.1, -0.05) is 48.0 Å². The molecule has 0 aromatic heterocycles. The highest BCUT2D eigenvalue weighted by Gasteiger charge is 2.20. The third-order valence-electron chi connectivity index (χ3n) is 4.71. The summed E-state index contributed by atoms with van der Waals surface area (Å²) in [5.74, 6) is -0.126. The molecular weight excluding hydrogens is 448 g/mol. The molecule has 0 unspecified atom stereocenters.